The summed E-state index contributed by atoms with van der Waals surface area (Å²) >= 11 is 1.19. The number of carboxylic acid groups (broad SMARTS) is 1. The van der Waals surface area contributed by atoms with Gasteiger partial charge in [-0.25, -0.2) is 4.79 Å². The summed E-state index contributed by atoms with van der Waals surface area (Å²) in [6.07, 6.45) is 0. The molecule has 36 heavy (non-hydrogen) atoms. The fourth-order valence-electron chi connectivity index (χ4n) is 4.15. The molecule has 0 spiro atoms. The molecule has 0 unspecified atom stereocenters. The van der Waals surface area contributed by atoms with Gasteiger partial charge in [-0.05, 0) is 36.1 Å². The Morgan fingerprint density at radius 1 is 0.806 bits per heavy atom. The highest BCUT2D eigenvalue weighted by Gasteiger charge is 2.38. The maximum Gasteiger partial charge on any atom is 0.336 e. The molecule has 6 nitrogen and oxygen atoms in total. The number of anilines is 2. The van der Waals surface area contributed by atoms with Gasteiger partial charge in [0, 0.05) is 39.8 Å². The molecule has 0 aliphatic heterocycles. The molecule has 0 fully saturated rings. The van der Waals surface area contributed by atoms with Gasteiger partial charge in [-0.3, -0.25) is 9.59 Å². The summed E-state index contributed by atoms with van der Waals surface area (Å²) in [7, 11) is 0. The summed E-state index contributed by atoms with van der Waals surface area (Å²) < 4.78 is 0. The van der Waals surface area contributed by atoms with Gasteiger partial charge in [-0.1, -0.05) is 69.8 Å². The van der Waals surface area contributed by atoms with E-state index in [9.17, 15) is 19.5 Å². The first kappa shape index (κ1) is 25.5. The number of fused-ring (bicyclic) bond motifs is 2. The van der Waals surface area contributed by atoms with Crippen molar-refractivity contribution < 1.29 is 19.5 Å². The van der Waals surface area contributed by atoms with Gasteiger partial charge < -0.3 is 15.7 Å². The van der Waals surface area contributed by atoms with Gasteiger partial charge in [0.25, 0.3) is 0 Å². The van der Waals surface area contributed by atoms with Crippen molar-refractivity contribution in [3.05, 3.63) is 82.4 Å². The van der Waals surface area contributed by atoms with Gasteiger partial charge in [0.1, 0.15) is 0 Å². The lowest BCUT2D eigenvalue weighted by molar-refractivity contribution is 0.0692. The van der Waals surface area contributed by atoms with Crippen molar-refractivity contribution in [2.24, 2.45) is 11.8 Å². The summed E-state index contributed by atoms with van der Waals surface area (Å²) in [6, 6.07) is 16.0. The second-order valence-electron chi connectivity index (χ2n) is 9.71. The van der Waals surface area contributed by atoms with Gasteiger partial charge >= 0.3 is 5.97 Å². The van der Waals surface area contributed by atoms with Gasteiger partial charge in [0.2, 0.25) is 0 Å². The third-order valence-electron chi connectivity index (χ3n) is 5.87. The van der Waals surface area contributed by atoms with Gasteiger partial charge in [-0.2, -0.15) is 0 Å². The average Bonchev–Trinajstić information content (AvgIpc) is 2.84. The number of carbonyl (C=O) groups excluding carboxylic acids is 2. The summed E-state index contributed by atoms with van der Waals surface area (Å²) in [5.74, 6) is -1.20. The molecule has 4 rings (SSSR count). The van der Waals surface area contributed by atoms with E-state index in [0.29, 0.717) is 41.5 Å². The predicted molar refractivity (Wildman–Crippen MR) is 144 cm³/mol. The summed E-state index contributed by atoms with van der Waals surface area (Å²) in [4.78, 5) is 41.6. The van der Waals surface area contributed by atoms with E-state index in [2.05, 4.69) is 24.5 Å². The van der Waals surface area contributed by atoms with E-state index in [-0.39, 0.29) is 39.1 Å². The van der Waals surface area contributed by atoms with Crippen molar-refractivity contribution >= 4 is 40.7 Å². The van der Waals surface area contributed by atoms with Gasteiger partial charge in [0.05, 0.1) is 22.3 Å². The molecule has 0 radical (unpaired) electrons. The molecule has 0 saturated carbocycles. The van der Waals surface area contributed by atoms with Crippen molar-refractivity contribution in [2.45, 2.75) is 37.5 Å². The van der Waals surface area contributed by atoms with Crippen molar-refractivity contribution in [3.63, 3.8) is 0 Å². The Balaban J connectivity index is 1.98. The zero-order valence-corrected chi connectivity index (χ0v) is 21.7. The van der Waals surface area contributed by atoms with Crippen LogP contribution in [0.1, 0.15) is 69.9 Å². The molecule has 0 aromatic heterocycles. The SMILES string of the molecule is CC(C)CNc1cccc2c1C(=O)c1c(Sc3ccccc3)c(C(=O)O)cc(NCC(C)C)c1C2=O. The molecule has 0 heterocycles. The number of rotatable bonds is 9. The number of hydrogen-bond donors (Lipinski definition) is 3. The van der Waals surface area contributed by atoms with E-state index < -0.39 is 5.97 Å². The minimum absolute atomic E-state index is 0.00826. The summed E-state index contributed by atoms with van der Waals surface area (Å²) in [5, 5.41) is 16.7. The molecule has 1 aliphatic carbocycles. The first-order chi connectivity index (χ1) is 17.2. The molecule has 0 atom stereocenters. The number of hydrogen-bond acceptors (Lipinski definition) is 6. The number of nitrogens with one attached hydrogen (secondary N) is 2. The van der Waals surface area contributed by atoms with E-state index in [0.717, 1.165) is 4.90 Å². The first-order valence-corrected chi connectivity index (χ1v) is 12.9. The van der Waals surface area contributed by atoms with Crippen LogP contribution in [0.3, 0.4) is 0 Å². The Morgan fingerprint density at radius 3 is 2.06 bits per heavy atom. The summed E-state index contributed by atoms with van der Waals surface area (Å²) in [6.45, 7) is 9.32. The lowest BCUT2D eigenvalue weighted by atomic mass is 9.81. The number of ketones is 2. The van der Waals surface area contributed by atoms with Crippen LogP contribution in [0.5, 0.6) is 0 Å². The maximum atomic E-state index is 14.2. The monoisotopic (exact) mass is 502 g/mol. The van der Waals surface area contributed by atoms with Crippen LogP contribution in [0.25, 0.3) is 0 Å². The van der Waals surface area contributed by atoms with E-state index in [1.54, 1.807) is 18.2 Å². The van der Waals surface area contributed by atoms with E-state index >= 15 is 0 Å². The number of aromatic carboxylic acids is 1. The van der Waals surface area contributed by atoms with Crippen molar-refractivity contribution in [2.75, 3.05) is 23.7 Å². The molecular formula is C29H30N2O4S. The largest absolute Gasteiger partial charge is 0.478 e. The molecule has 0 amide bonds. The fourth-order valence-corrected chi connectivity index (χ4v) is 5.23. The smallest absolute Gasteiger partial charge is 0.336 e. The molecule has 0 saturated heterocycles. The highest BCUT2D eigenvalue weighted by atomic mass is 32.2. The lowest BCUT2D eigenvalue weighted by Crippen LogP contribution is -2.27. The van der Waals surface area contributed by atoms with Crippen LogP contribution in [0, 0.1) is 11.8 Å². The molecule has 3 N–H and O–H groups in total. The fraction of sp³-hybridized carbons (Fsp3) is 0.276. The Bertz CT molecular complexity index is 1330. The summed E-state index contributed by atoms with van der Waals surface area (Å²) in [5.41, 5.74) is 1.95. The van der Waals surface area contributed by atoms with E-state index in [4.69, 9.17) is 0 Å². The number of carbonyl (C=O) groups is 3. The Kier molecular flexibility index (Phi) is 7.50. The number of carboxylic acids is 1. The van der Waals surface area contributed by atoms with Gasteiger partial charge in [-0.15, -0.1) is 0 Å². The standard InChI is InChI=1S/C29H30N2O4S/c1-16(2)14-30-21-12-8-11-19-23(21)27(33)25-24(26(19)32)22(31-15-17(3)4)13-20(29(34)35)28(25)36-18-9-6-5-7-10-18/h5-13,16-17,30-31H,14-15H2,1-4H3,(H,34,35). The second kappa shape index (κ2) is 10.6. The molecule has 3 aromatic carbocycles. The van der Waals surface area contributed by atoms with Crippen molar-refractivity contribution in [1.29, 1.82) is 0 Å². The average molecular weight is 503 g/mol. The zero-order valence-electron chi connectivity index (χ0n) is 20.8. The molecule has 186 valence electrons. The maximum absolute atomic E-state index is 14.2. The topological polar surface area (TPSA) is 95.5 Å². The van der Waals surface area contributed by atoms with Crippen LogP contribution < -0.4 is 10.6 Å². The predicted octanol–water partition coefficient (Wildman–Crippen LogP) is 6.45. The third kappa shape index (κ3) is 5.02. The lowest BCUT2D eigenvalue weighted by Gasteiger charge is -2.26. The Morgan fingerprint density at radius 2 is 1.44 bits per heavy atom. The van der Waals surface area contributed by atoms with Crippen molar-refractivity contribution in [1.82, 2.24) is 0 Å². The van der Waals surface area contributed by atoms with Crippen LogP contribution in [0.15, 0.2) is 64.4 Å². The first-order valence-electron chi connectivity index (χ1n) is 12.1. The molecule has 1 aliphatic rings. The van der Waals surface area contributed by atoms with E-state index in [1.165, 1.54) is 17.8 Å². The molecule has 7 heteroatoms. The van der Waals surface area contributed by atoms with Crippen LogP contribution in [-0.4, -0.2) is 35.7 Å². The van der Waals surface area contributed by atoms with Crippen LogP contribution >= 0.6 is 11.8 Å². The molecule has 3 aromatic rings. The zero-order chi connectivity index (χ0) is 26.0. The quantitative estimate of drug-likeness (QED) is 0.242. The van der Waals surface area contributed by atoms with Gasteiger partial charge in [0.15, 0.2) is 11.6 Å². The minimum atomic E-state index is -1.15. The van der Waals surface area contributed by atoms with Crippen LogP contribution in [0.4, 0.5) is 11.4 Å². The Labute approximate surface area is 215 Å². The highest BCUT2D eigenvalue weighted by Crippen LogP contribution is 2.44. The van der Waals surface area contributed by atoms with Crippen molar-refractivity contribution in [3.8, 4) is 0 Å². The minimum Gasteiger partial charge on any atom is -0.478 e. The van der Waals surface area contributed by atoms with Crippen LogP contribution in [0.2, 0.25) is 0 Å². The normalized spacial score (nSPS) is 12.5. The van der Waals surface area contributed by atoms with Crippen LogP contribution in [-0.2, 0) is 0 Å². The molecule has 0 bridgehead atoms. The second-order valence-corrected chi connectivity index (χ2v) is 10.8. The number of benzene rings is 3. The Hall–Kier alpha value is -3.58. The highest BCUT2D eigenvalue weighted by molar-refractivity contribution is 7.99. The van der Waals surface area contributed by atoms with E-state index in [1.807, 2.05) is 44.2 Å². The molecular weight excluding hydrogens is 472 g/mol. The third-order valence-corrected chi connectivity index (χ3v) is 7.00.